The van der Waals surface area contributed by atoms with Crippen LogP contribution in [0.3, 0.4) is 0 Å². The normalized spacial score (nSPS) is 20.8. The molecule has 0 radical (unpaired) electrons. The van der Waals surface area contributed by atoms with Crippen molar-refractivity contribution in [2.24, 2.45) is 0 Å². The minimum atomic E-state index is -0.783. The van der Waals surface area contributed by atoms with Crippen molar-refractivity contribution in [3.63, 3.8) is 0 Å². The first-order valence-electron chi connectivity index (χ1n) is 10.7. The van der Waals surface area contributed by atoms with Gasteiger partial charge in [0.15, 0.2) is 5.96 Å². The number of fused-ring (bicyclic) bond motifs is 1. The van der Waals surface area contributed by atoms with Crippen molar-refractivity contribution in [1.82, 2.24) is 15.2 Å². The van der Waals surface area contributed by atoms with Gasteiger partial charge in [0.25, 0.3) is 0 Å². The van der Waals surface area contributed by atoms with Crippen LogP contribution in [0.1, 0.15) is 41.5 Å². The summed E-state index contributed by atoms with van der Waals surface area (Å²) in [6.45, 7) is 8.30. The Morgan fingerprint density at radius 1 is 1.18 bits per heavy atom. The van der Waals surface area contributed by atoms with Gasteiger partial charge in [0.05, 0.1) is 18.0 Å². The minimum Gasteiger partial charge on any atom is -0.346 e. The van der Waals surface area contributed by atoms with Crippen molar-refractivity contribution < 1.29 is 4.79 Å². The van der Waals surface area contributed by atoms with Gasteiger partial charge < -0.3 is 5.32 Å². The van der Waals surface area contributed by atoms with Crippen molar-refractivity contribution in [3.05, 3.63) is 93.8 Å². The van der Waals surface area contributed by atoms with Crippen LogP contribution < -0.4 is 5.32 Å². The monoisotopic (exact) mass is 472 g/mol. The van der Waals surface area contributed by atoms with Crippen LogP contribution in [0.2, 0.25) is 0 Å². The predicted molar refractivity (Wildman–Crippen MR) is 137 cm³/mol. The first-order chi connectivity index (χ1) is 15.9. The number of rotatable bonds is 5. The number of hydrogen-bond acceptors (Lipinski definition) is 5. The summed E-state index contributed by atoms with van der Waals surface area (Å²) in [6, 6.07) is 16.4. The second kappa shape index (κ2) is 8.24. The number of guanidine groups is 1. The first kappa shape index (κ1) is 21.6. The third kappa shape index (κ3) is 3.77. The van der Waals surface area contributed by atoms with E-state index in [4.69, 9.17) is 5.41 Å². The molecule has 2 N–H and O–H groups in total. The van der Waals surface area contributed by atoms with Gasteiger partial charge in [-0.2, -0.15) is 0 Å². The number of allylic oxidation sites excluding steroid dienone is 1. The lowest BCUT2D eigenvalue weighted by molar-refractivity contribution is -0.133. The summed E-state index contributed by atoms with van der Waals surface area (Å²) in [7, 11) is 0. The molecule has 1 aliphatic heterocycles. The summed E-state index contributed by atoms with van der Waals surface area (Å²) >= 11 is 3.18. The van der Waals surface area contributed by atoms with Crippen LogP contribution in [0.25, 0.3) is 15.7 Å². The molecular weight excluding hydrogens is 448 g/mol. The van der Waals surface area contributed by atoms with Crippen LogP contribution in [0, 0.1) is 5.41 Å². The van der Waals surface area contributed by atoms with Crippen molar-refractivity contribution in [3.8, 4) is 0 Å². The Morgan fingerprint density at radius 2 is 1.97 bits per heavy atom. The maximum Gasteiger partial charge on any atom is 0.239 e. The summed E-state index contributed by atoms with van der Waals surface area (Å²) in [5.74, 6) is -0.523. The average molecular weight is 473 g/mol. The molecule has 0 aliphatic carbocycles. The highest BCUT2D eigenvalue weighted by atomic mass is 32.1. The van der Waals surface area contributed by atoms with E-state index in [9.17, 15) is 4.79 Å². The fourth-order valence-electron chi connectivity index (χ4n) is 4.49. The summed E-state index contributed by atoms with van der Waals surface area (Å²) in [5.41, 5.74) is 3.13. The van der Waals surface area contributed by atoms with Gasteiger partial charge >= 0.3 is 0 Å². The van der Waals surface area contributed by atoms with Gasteiger partial charge in [-0.05, 0) is 59.5 Å². The van der Waals surface area contributed by atoms with Gasteiger partial charge in [-0.3, -0.25) is 15.1 Å². The van der Waals surface area contributed by atoms with E-state index in [0.717, 1.165) is 32.7 Å². The number of nitrogens with one attached hydrogen (secondary N) is 2. The highest BCUT2D eigenvalue weighted by Gasteiger charge is 2.49. The van der Waals surface area contributed by atoms with Gasteiger partial charge in [0.1, 0.15) is 5.01 Å². The molecule has 1 amide bonds. The zero-order valence-corrected chi connectivity index (χ0v) is 20.1. The average Bonchev–Trinajstić information content (AvgIpc) is 3.48. The topological polar surface area (TPSA) is 69.1 Å². The summed E-state index contributed by atoms with van der Waals surface area (Å²) in [5, 5.41) is 18.0. The van der Waals surface area contributed by atoms with E-state index in [1.54, 1.807) is 17.5 Å². The molecule has 1 aliphatic rings. The molecule has 4 aromatic rings. The van der Waals surface area contributed by atoms with E-state index in [-0.39, 0.29) is 18.4 Å². The molecule has 0 bridgehead atoms. The molecular formula is C26H24N4OS2. The van der Waals surface area contributed by atoms with Crippen molar-refractivity contribution >= 4 is 50.2 Å². The molecule has 0 unspecified atom stereocenters. The molecule has 1 fully saturated rings. The highest BCUT2D eigenvalue weighted by Crippen LogP contribution is 2.42. The summed E-state index contributed by atoms with van der Waals surface area (Å²) < 4.78 is 1.20. The molecule has 0 saturated carbocycles. The Hall–Kier alpha value is -3.29. The third-order valence-corrected chi connectivity index (χ3v) is 7.97. The molecule has 7 heteroatoms. The number of amides is 1. The molecule has 2 atom stereocenters. The Morgan fingerprint density at radius 3 is 2.67 bits per heavy atom. The minimum absolute atomic E-state index is 0.0953. The van der Waals surface area contributed by atoms with E-state index in [1.807, 2.05) is 43.5 Å². The molecule has 5 nitrogen and oxygen atoms in total. The molecule has 1 saturated heterocycles. The number of benzene rings is 2. The van der Waals surface area contributed by atoms with E-state index >= 15 is 0 Å². The van der Waals surface area contributed by atoms with Crippen LogP contribution >= 0.6 is 22.7 Å². The largest absolute Gasteiger partial charge is 0.346 e. The zero-order chi connectivity index (χ0) is 23.2. The predicted octanol–water partition coefficient (Wildman–Crippen LogP) is 5.96. The van der Waals surface area contributed by atoms with Crippen molar-refractivity contribution in [2.45, 2.75) is 31.8 Å². The quantitative estimate of drug-likeness (QED) is 0.377. The van der Waals surface area contributed by atoms with Crippen LogP contribution in [0.4, 0.5) is 0 Å². The summed E-state index contributed by atoms with van der Waals surface area (Å²) in [6.07, 6.45) is 1.72. The van der Waals surface area contributed by atoms with E-state index in [2.05, 4.69) is 46.5 Å². The molecule has 5 rings (SSSR count). The number of aromatic nitrogens is 1. The SMILES string of the molecule is C=C(C)c1ccc([C@H]2C(=O)N(Cc3nccs3)C(=N)N[C@]2(C)c2ccc3sccc3c2)cc1. The maximum atomic E-state index is 14.0. The number of thiazole rings is 1. The lowest BCUT2D eigenvalue weighted by Crippen LogP contribution is -2.63. The molecule has 3 heterocycles. The maximum absolute atomic E-state index is 14.0. The highest BCUT2D eigenvalue weighted by molar-refractivity contribution is 7.17. The molecule has 33 heavy (non-hydrogen) atoms. The lowest BCUT2D eigenvalue weighted by Gasteiger charge is -2.46. The van der Waals surface area contributed by atoms with Gasteiger partial charge in [0, 0.05) is 16.3 Å². The van der Waals surface area contributed by atoms with Gasteiger partial charge in [-0.1, -0.05) is 42.5 Å². The van der Waals surface area contributed by atoms with Crippen molar-refractivity contribution in [2.75, 3.05) is 0 Å². The number of thiophene rings is 1. The second-order valence-corrected chi connectivity index (χ2v) is 10.5. The Kier molecular flexibility index (Phi) is 5.38. The number of carbonyl (C=O) groups excluding carboxylic acids is 1. The van der Waals surface area contributed by atoms with E-state index < -0.39 is 11.5 Å². The smallest absolute Gasteiger partial charge is 0.239 e. The first-order valence-corrected chi connectivity index (χ1v) is 12.4. The van der Waals surface area contributed by atoms with Crippen LogP contribution in [-0.2, 0) is 16.9 Å². The number of hydrogen-bond donors (Lipinski definition) is 2. The molecule has 2 aromatic heterocycles. The fraction of sp³-hybridized carbons (Fsp3) is 0.192. The lowest BCUT2D eigenvalue weighted by atomic mass is 9.73. The summed E-state index contributed by atoms with van der Waals surface area (Å²) in [4.78, 5) is 19.8. The molecule has 0 spiro atoms. The van der Waals surface area contributed by atoms with Crippen LogP contribution in [-0.4, -0.2) is 21.8 Å². The standard InChI is InChI=1S/C26H24N4OS2/c1-16(2)17-4-6-18(7-5-17)23-24(31)30(15-22-28-11-13-33-22)25(27)29-26(23,3)20-8-9-21-19(14-20)10-12-32-21/h4-14,23H,1,15H2,2-3H3,(H2,27,29)/t23-,26+/m0/s1. The zero-order valence-electron chi connectivity index (χ0n) is 18.5. The number of nitrogens with zero attached hydrogens (tertiary/aromatic N) is 2. The third-order valence-electron chi connectivity index (χ3n) is 6.30. The van der Waals surface area contributed by atoms with Crippen molar-refractivity contribution in [1.29, 1.82) is 5.41 Å². The van der Waals surface area contributed by atoms with Gasteiger partial charge in [0.2, 0.25) is 5.91 Å². The Balaban J connectivity index is 1.62. The molecule has 166 valence electrons. The van der Waals surface area contributed by atoms with Crippen LogP contribution in [0.15, 0.2) is 72.1 Å². The molecule has 2 aromatic carbocycles. The van der Waals surface area contributed by atoms with Gasteiger partial charge in [-0.25, -0.2) is 4.98 Å². The van der Waals surface area contributed by atoms with Gasteiger partial charge in [-0.15, -0.1) is 22.7 Å². The Bertz CT molecular complexity index is 1360. The van der Waals surface area contributed by atoms with E-state index in [0.29, 0.717) is 0 Å². The fourth-order valence-corrected chi connectivity index (χ4v) is 5.86. The second-order valence-electron chi connectivity index (χ2n) is 8.53. The van der Waals surface area contributed by atoms with E-state index in [1.165, 1.54) is 20.9 Å². The Labute approximate surface area is 200 Å². The van der Waals surface area contributed by atoms with Crippen LogP contribution in [0.5, 0.6) is 0 Å². The number of carbonyl (C=O) groups is 1.